The van der Waals surface area contributed by atoms with Crippen LogP contribution in [0.5, 0.6) is 5.75 Å². The molecule has 2 aliphatic rings. The molecule has 0 saturated carbocycles. The maximum absolute atomic E-state index is 13.6. The number of nitrogens with zero attached hydrogens (tertiary/aromatic N) is 5. The molecule has 37 heavy (non-hydrogen) atoms. The average molecular weight is 536 g/mol. The number of thioether (sulfide) groups is 1. The van der Waals surface area contributed by atoms with E-state index in [1.165, 1.54) is 16.2 Å². The summed E-state index contributed by atoms with van der Waals surface area (Å²) in [4.78, 5) is 38.3. The molecule has 10 heteroatoms. The summed E-state index contributed by atoms with van der Waals surface area (Å²) in [6.45, 7) is 6.94. The van der Waals surface area contributed by atoms with Gasteiger partial charge in [-0.3, -0.25) is 18.9 Å². The van der Waals surface area contributed by atoms with Crippen LogP contribution in [0.15, 0.2) is 58.4 Å². The molecule has 192 valence electrons. The summed E-state index contributed by atoms with van der Waals surface area (Å²) >= 11 is 6.75. The molecule has 2 saturated heterocycles. The fourth-order valence-electron chi connectivity index (χ4n) is 4.60. The van der Waals surface area contributed by atoms with Crippen LogP contribution in [-0.4, -0.2) is 63.8 Å². The molecule has 5 rings (SSSR count). The van der Waals surface area contributed by atoms with Crippen LogP contribution in [0, 0.1) is 0 Å². The second-order valence-corrected chi connectivity index (χ2v) is 10.7. The number of methoxy groups -OCH3 is 1. The lowest BCUT2D eigenvalue weighted by atomic mass is 10.2. The zero-order chi connectivity index (χ0) is 26.1. The first-order valence-corrected chi connectivity index (χ1v) is 13.6. The Morgan fingerprint density at radius 1 is 1.08 bits per heavy atom. The molecular weight excluding hydrogens is 506 g/mol. The van der Waals surface area contributed by atoms with Crippen LogP contribution in [0.4, 0.5) is 11.5 Å². The number of hydrogen-bond acceptors (Lipinski definition) is 8. The molecule has 2 fully saturated rings. The monoisotopic (exact) mass is 535 g/mol. The van der Waals surface area contributed by atoms with E-state index in [0.29, 0.717) is 39.3 Å². The van der Waals surface area contributed by atoms with Crippen molar-refractivity contribution in [3.8, 4) is 5.75 Å². The van der Waals surface area contributed by atoms with Crippen molar-refractivity contribution in [1.29, 1.82) is 0 Å². The summed E-state index contributed by atoms with van der Waals surface area (Å²) in [5.41, 5.74) is 1.91. The first kappa shape index (κ1) is 25.3. The fourth-order valence-corrected chi connectivity index (χ4v) is 6.05. The van der Waals surface area contributed by atoms with Crippen molar-refractivity contribution < 1.29 is 9.53 Å². The Kier molecular flexibility index (Phi) is 7.21. The van der Waals surface area contributed by atoms with Gasteiger partial charge in [0.05, 0.1) is 17.6 Å². The second kappa shape index (κ2) is 10.5. The van der Waals surface area contributed by atoms with Gasteiger partial charge in [0.1, 0.15) is 21.5 Å². The minimum absolute atomic E-state index is 0.000252. The Morgan fingerprint density at radius 2 is 1.78 bits per heavy atom. The number of anilines is 2. The number of hydrogen-bond donors (Lipinski definition) is 0. The third-order valence-corrected chi connectivity index (χ3v) is 8.23. The van der Waals surface area contributed by atoms with Gasteiger partial charge < -0.3 is 14.5 Å². The number of ether oxygens (including phenoxy) is 1. The van der Waals surface area contributed by atoms with Crippen molar-refractivity contribution in [1.82, 2.24) is 14.3 Å². The molecule has 3 aromatic rings. The van der Waals surface area contributed by atoms with Crippen molar-refractivity contribution in [3.63, 3.8) is 0 Å². The molecule has 0 spiro atoms. The summed E-state index contributed by atoms with van der Waals surface area (Å²) in [7, 11) is 1.66. The smallest absolute Gasteiger partial charge is 0.267 e. The molecule has 2 aromatic heterocycles. The highest BCUT2D eigenvalue weighted by molar-refractivity contribution is 8.26. The third kappa shape index (κ3) is 4.83. The molecule has 1 atom stereocenters. The Labute approximate surface area is 225 Å². The van der Waals surface area contributed by atoms with Crippen LogP contribution >= 0.6 is 24.0 Å². The van der Waals surface area contributed by atoms with Gasteiger partial charge in [-0.05, 0) is 55.8 Å². The van der Waals surface area contributed by atoms with E-state index in [1.54, 1.807) is 30.3 Å². The number of carbonyl (C=O) groups is 1. The molecule has 0 aliphatic carbocycles. The van der Waals surface area contributed by atoms with E-state index in [0.717, 1.165) is 30.9 Å². The highest BCUT2D eigenvalue weighted by Crippen LogP contribution is 2.35. The SMILES string of the molecule is CCC(C)N1C(=O)C(=Cc2c(N3CCN(c4ccc(OC)cc4)CC3)nc3ccccn3c2=O)SC1=S. The number of fused-ring (bicyclic) bond motifs is 1. The van der Waals surface area contributed by atoms with E-state index >= 15 is 0 Å². The minimum atomic E-state index is -0.202. The molecule has 1 unspecified atom stereocenters. The normalized spacial score (nSPS) is 18.2. The van der Waals surface area contributed by atoms with Crippen LogP contribution in [0.25, 0.3) is 11.7 Å². The van der Waals surface area contributed by atoms with Gasteiger partial charge in [0.15, 0.2) is 0 Å². The standard InChI is InChI=1S/C27H29N5O3S2/c1-4-18(2)32-26(34)22(37-27(32)36)17-21-24(28-23-7-5-6-12-31(23)25(21)33)30-15-13-29(14-16-30)19-8-10-20(35-3)11-9-19/h5-12,17-18H,4,13-16H2,1-3H3. The molecule has 2 aliphatic heterocycles. The number of benzene rings is 1. The van der Waals surface area contributed by atoms with Crippen molar-refractivity contribution in [3.05, 3.63) is 69.5 Å². The first-order chi connectivity index (χ1) is 17.9. The number of rotatable bonds is 6. The predicted octanol–water partition coefficient (Wildman–Crippen LogP) is 4.03. The molecule has 1 aromatic carbocycles. The number of amides is 1. The summed E-state index contributed by atoms with van der Waals surface area (Å²) in [5.74, 6) is 1.27. The van der Waals surface area contributed by atoms with Gasteiger partial charge in [-0.1, -0.05) is 37.0 Å². The first-order valence-electron chi connectivity index (χ1n) is 12.3. The van der Waals surface area contributed by atoms with Crippen LogP contribution in [0.3, 0.4) is 0 Å². The molecule has 8 nitrogen and oxygen atoms in total. The van der Waals surface area contributed by atoms with Gasteiger partial charge in [-0.25, -0.2) is 4.98 Å². The zero-order valence-corrected chi connectivity index (χ0v) is 22.7. The summed E-state index contributed by atoms with van der Waals surface area (Å²) < 4.78 is 7.33. The summed E-state index contributed by atoms with van der Waals surface area (Å²) in [5, 5.41) is 0. The lowest BCUT2D eigenvalue weighted by Crippen LogP contribution is -2.47. The fraction of sp³-hybridized carbons (Fsp3) is 0.333. The molecule has 0 bridgehead atoms. The van der Waals surface area contributed by atoms with E-state index in [9.17, 15) is 9.59 Å². The Bertz CT molecular complexity index is 1430. The largest absolute Gasteiger partial charge is 0.497 e. The van der Waals surface area contributed by atoms with E-state index < -0.39 is 0 Å². The van der Waals surface area contributed by atoms with E-state index in [2.05, 4.69) is 21.9 Å². The zero-order valence-electron chi connectivity index (χ0n) is 21.1. The number of aromatic nitrogens is 2. The topological polar surface area (TPSA) is 70.4 Å². The molecule has 1 amide bonds. The van der Waals surface area contributed by atoms with Crippen molar-refractivity contribution >= 4 is 57.4 Å². The predicted molar refractivity (Wildman–Crippen MR) is 154 cm³/mol. The van der Waals surface area contributed by atoms with Crippen LogP contribution in [-0.2, 0) is 4.79 Å². The van der Waals surface area contributed by atoms with Crippen LogP contribution in [0.1, 0.15) is 25.8 Å². The number of carbonyl (C=O) groups excluding carboxylic acids is 1. The maximum Gasteiger partial charge on any atom is 0.267 e. The lowest BCUT2D eigenvalue weighted by molar-refractivity contribution is -0.123. The van der Waals surface area contributed by atoms with Crippen LogP contribution < -0.4 is 20.1 Å². The van der Waals surface area contributed by atoms with E-state index in [1.807, 2.05) is 38.1 Å². The highest BCUT2D eigenvalue weighted by Gasteiger charge is 2.35. The van der Waals surface area contributed by atoms with Gasteiger partial charge in [0.2, 0.25) is 0 Å². The van der Waals surface area contributed by atoms with Crippen LogP contribution in [0.2, 0.25) is 0 Å². The average Bonchev–Trinajstić information content (AvgIpc) is 3.22. The van der Waals surface area contributed by atoms with Crippen molar-refractivity contribution in [2.45, 2.75) is 26.3 Å². The third-order valence-electron chi connectivity index (χ3n) is 6.90. The Hall–Kier alpha value is -3.37. The number of pyridine rings is 1. The molecule has 0 N–H and O–H groups in total. The van der Waals surface area contributed by atoms with Gasteiger partial charge >= 0.3 is 0 Å². The van der Waals surface area contributed by atoms with Gasteiger partial charge in [0.25, 0.3) is 11.5 Å². The van der Waals surface area contributed by atoms with Crippen molar-refractivity contribution in [2.75, 3.05) is 43.1 Å². The molecule has 0 radical (unpaired) electrons. The number of thiocarbonyl (C=S) groups is 1. The van der Waals surface area contributed by atoms with Gasteiger partial charge in [-0.15, -0.1) is 0 Å². The van der Waals surface area contributed by atoms with Gasteiger partial charge in [-0.2, -0.15) is 0 Å². The summed E-state index contributed by atoms with van der Waals surface area (Å²) in [6, 6.07) is 13.5. The van der Waals surface area contributed by atoms with Crippen molar-refractivity contribution in [2.24, 2.45) is 0 Å². The molecule has 4 heterocycles. The molecular formula is C27H29N5O3S2. The van der Waals surface area contributed by atoms with E-state index in [-0.39, 0.29) is 17.5 Å². The second-order valence-electron chi connectivity index (χ2n) is 9.06. The Morgan fingerprint density at radius 3 is 2.46 bits per heavy atom. The quantitative estimate of drug-likeness (QED) is 0.346. The number of piperazine rings is 1. The maximum atomic E-state index is 13.6. The highest BCUT2D eigenvalue weighted by atomic mass is 32.2. The summed E-state index contributed by atoms with van der Waals surface area (Å²) in [6.07, 6.45) is 4.18. The minimum Gasteiger partial charge on any atom is -0.497 e. The van der Waals surface area contributed by atoms with Gasteiger partial charge in [0, 0.05) is 44.1 Å². The lowest BCUT2D eigenvalue weighted by Gasteiger charge is -2.37. The Balaban J connectivity index is 1.49. The van der Waals surface area contributed by atoms with E-state index in [4.69, 9.17) is 21.9 Å².